The summed E-state index contributed by atoms with van der Waals surface area (Å²) >= 11 is 0. The van der Waals surface area contributed by atoms with E-state index in [1.54, 1.807) is 4.90 Å². The number of hydrogen-bond donors (Lipinski definition) is 4. The standard InChI is InChI=1S/C29H35N5O4/c35-26(32-23(16-27(36)37)12-9-21-17-31-25-6-2-1-5-24(21)25)18-34-15-13-20(29(34)38)8-11-22-10-7-19-4-3-14-30-28(19)33-22/h1-2,5-7,10,17,20,23,31H,3-4,8-9,11-16,18H2,(H,30,33)(H,32,35)(H,36,37). The van der Waals surface area contributed by atoms with Crippen molar-refractivity contribution in [2.75, 3.05) is 25.0 Å². The molecule has 0 spiro atoms. The number of pyridine rings is 1. The lowest BCUT2D eigenvalue weighted by Crippen LogP contribution is -2.44. The second-order valence-corrected chi connectivity index (χ2v) is 10.4. The summed E-state index contributed by atoms with van der Waals surface area (Å²) in [5.74, 6) is -0.440. The van der Waals surface area contributed by atoms with Gasteiger partial charge in [0.05, 0.1) is 13.0 Å². The van der Waals surface area contributed by atoms with Crippen LogP contribution < -0.4 is 10.6 Å². The zero-order valence-corrected chi connectivity index (χ0v) is 21.5. The molecular weight excluding hydrogens is 482 g/mol. The van der Waals surface area contributed by atoms with E-state index in [1.165, 1.54) is 5.56 Å². The van der Waals surface area contributed by atoms with Gasteiger partial charge in [0.15, 0.2) is 0 Å². The minimum atomic E-state index is -0.961. The van der Waals surface area contributed by atoms with Crippen molar-refractivity contribution in [2.45, 2.75) is 57.4 Å². The molecule has 1 fully saturated rings. The van der Waals surface area contributed by atoms with Crippen molar-refractivity contribution in [1.29, 1.82) is 0 Å². The molecule has 2 aliphatic heterocycles. The molecule has 0 radical (unpaired) electrons. The lowest BCUT2D eigenvalue weighted by molar-refractivity contribution is -0.138. The summed E-state index contributed by atoms with van der Waals surface area (Å²) in [5, 5.41) is 16.7. The molecule has 2 aromatic heterocycles. The van der Waals surface area contributed by atoms with Crippen LogP contribution in [0.4, 0.5) is 5.82 Å². The van der Waals surface area contributed by atoms with Gasteiger partial charge in [0.1, 0.15) is 5.82 Å². The minimum absolute atomic E-state index is 0.00943. The number of H-pyrrole nitrogens is 1. The van der Waals surface area contributed by atoms with Crippen LogP contribution in [-0.4, -0.2) is 63.4 Å². The number of benzene rings is 1. The van der Waals surface area contributed by atoms with Crippen molar-refractivity contribution in [3.8, 4) is 0 Å². The molecule has 4 heterocycles. The second-order valence-electron chi connectivity index (χ2n) is 10.4. The molecule has 9 heteroatoms. The fraction of sp³-hybridized carbons (Fsp3) is 0.448. The summed E-state index contributed by atoms with van der Waals surface area (Å²) in [6.07, 6.45) is 7.22. The zero-order chi connectivity index (χ0) is 26.5. The zero-order valence-electron chi connectivity index (χ0n) is 21.5. The number of anilines is 1. The van der Waals surface area contributed by atoms with Crippen LogP contribution in [0, 0.1) is 5.92 Å². The maximum absolute atomic E-state index is 13.0. The first kappa shape index (κ1) is 25.8. The number of rotatable bonds is 11. The Morgan fingerprint density at radius 2 is 2.05 bits per heavy atom. The van der Waals surface area contributed by atoms with Gasteiger partial charge < -0.3 is 25.6 Å². The number of aromatic nitrogens is 2. The predicted molar refractivity (Wildman–Crippen MR) is 145 cm³/mol. The van der Waals surface area contributed by atoms with E-state index in [4.69, 9.17) is 4.98 Å². The Bertz CT molecular complexity index is 1320. The lowest BCUT2D eigenvalue weighted by Gasteiger charge is -2.21. The van der Waals surface area contributed by atoms with Crippen LogP contribution in [0.1, 0.15) is 48.9 Å². The van der Waals surface area contributed by atoms with E-state index < -0.39 is 12.0 Å². The molecule has 0 aliphatic carbocycles. The number of amides is 2. The molecule has 0 bridgehead atoms. The molecule has 2 amide bonds. The van der Waals surface area contributed by atoms with Crippen molar-refractivity contribution < 1.29 is 19.5 Å². The van der Waals surface area contributed by atoms with Crippen LogP contribution in [0.5, 0.6) is 0 Å². The third-order valence-corrected chi connectivity index (χ3v) is 7.67. The molecule has 2 atom stereocenters. The first-order valence-electron chi connectivity index (χ1n) is 13.5. The monoisotopic (exact) mass is 517 g/mol. The molecule has 1 aromatic carbocycles. The van der Waals surface area contributed by atoms with Gasteiger partial charge in [-0.25, -0.2) is 4.98 Å². The van der Waals surface area contributed by atoms with Gasteiger partial charge in [0.25, 0.3) is 0 Å². The third kappa shape index (κ3) is 6.15. The lowest BCUT2D eigenvalue weighted by atomic mass is 9.99. The van der Waals surface area contributed by atoms with E-state index >= 15 is 0 Å². The fourth-order valence-electron chi connectivity index (χ4n) is 5.61. The van der Waals surface area contributed by atoms with Crippen molar-refractivity contribution >= 4 is 34.5 Å². The van der Waals surface area contributed by atoms with Crippen LogP contribution in [0.3, 0.4) is 0 Å². The maximum atomic E-state index is 13.0. The molecule has 200 valence electrons. The number of nitrogens with one attached hydrogen (secondary N) is 3. The number of aromatic amines is 1. The topological polar surface area (TPSA) is 127 Å². The number of nitrogens with zero attached hydrogens (tertiary/aromatic N) is 2. The average molecular weight is 518 g/mol. The van der Waals surface area contributed by atoms with Gasteiger partial charge in [0.2, 0.25) is 11.8 Å². The number of aryl methyl sites for hydroxylation is 3. The number of carboxylic acid groups (broad SMARTS) is 1. The number of para-hydroxylation sites is 1. The molecule has 38 heavy (non-hydrogen) atoms. The summed E-state index contributed by atoms with van der Waals surface area (Å²) in [5.41, 5.74) is 4.35. The van der Waals surface area contributed by atoms with Crippen molar-refractivity contribution in [3.63, 3.8) is 0 Å². The summed E-state index contributed by atoms with van der Waals surface area (Å²) in [7, 11) is 0. The van der Waals surface area contributed by atoms with E-state index in [1.807, 2.05) is 30.5 Å². The quantitative estimate of drug-likeness (QED) is 0.309. The molecule has 5 rings (SSSR count). The number of hydrogen-bond acceptors (Lipinski definition) is 5. The van der Waals surface area contributed by atoms with Crippen molar-refractivity contribution in [3.05, 3.63) is 59.4 Å². The summed E-state index contributed by atoms with van der Waals surface area (Å²) in [6.45, 7) is 1.44. The van der Waals surface area contributed by atoms with Gasteiger partial charge in [-0.05, 0) is 68.2 Å². The van der Waals surface area contributed by atoms with Crippen molar-refractivity contribution in [1.82, 2.24) is 20.2 Å². The average Bonchev–Trinajstić information content (AvgIpc) is 3.48. The SMILES string of the molecule is O=C(O)CC(CCc1c[nH]c2ccccc12)NC(=O)CN1CCC(CCc2ccc3c(n2)NCCC3)C1=O. The van der Waals surface area contributed by atoms with Crippen molar-refractivity contribution in [2.24, 2.45) is 5.92 Å². The first-order valence-corrected chi connectivity index (χ1v) is 13.5. The Balaban J connectivity index is 1.11. The molecule has 2 unspecified atom stereocenters. The van der Waals surface area contributed by atoms with Gasteiger partial charge in [-0.15, -0.1) is 0 Å². The van der Waals surface area contributed by atoms with Gasteiger partial charge in [-0.2, -0.15) is 0 Å². The largest absolute Gasteiger partial charge is 0.481 e. The molecule has 1 saturated heterocycles. The van der Waals surface area contributed by atoms with Crippen LogP contribution >= 0.6 is 0 Å². The Kier molecular flexibility index (Phi) is 7.91. The number of carbonyl (C=O) groups excluding carboxylic acids is 2. The highest BCUT2D eigenvalue weighted by atomic mass is 16.4. The number of aliphatic carboxylic acids is 1. The van der Waals surface area contributed by atoms with Gasteiger partial charge in [-0.3, -0.25) is 14.4 Å². The smallest absolute Gasteiger partial charge is 0.305 e. The third-order valence-electron chi connectivity index (χ3n) is 7.67. The first-order chi connectivity index (χ1) is 18.5. The normalized spacial score (nSPS) is 17.7. The maximum Gasteiger partial charge on any atom is 0.305 e. The molecule has 3 aromatic rings. The van der Waals surface area contributed by atoms with Crippen LogP contribution in [0.15, 0.2) is 42.6 Å². The Morgan fingerprint density at radius 3 is 2.92 bits per heavy atom. The number of fused-ring (bicyclic) bond motifs is 2. The molecule has 2 aliphatic rings. The number of carbonyl (C=O) groups is 3. The highest BCUT2D eigenvalue weighted by molar-refractivity contribution is 5.87. The fourth-order valence-corrected chi connectivity index (χ4v) is 5.61. The summed E-state index contributed by atoms with van der Waals surface area (Å²) < 4.78 is 0. The second kappa shape index (κ2) is 11.7. The van der Waals surface area contributed by atoms with Gasteiger partial charge in [0, 0.05) is 47.8 Å². The van der Waals surface area contributed by atoms with Gasteiger partial charge >= 0.3 is 5.97 Å². The minimum Gasteiger partial charge on any atom is -0.481 e. The Labute approximate surface area is 222 Å². The Morgan fingerprint density at radius 1 is 1.18 bits per heavy atom. The number of likely N-dealkylation sites (tertiary alicyclic amines) is 1. The van der Waals surface area contributed by atoms with Crippen LogP contribution in [0.25, 0.3) is 10.9 Å². The molecule has 0 saturated carbocycles. The number of carboxylic acids is 1. The highest BCUT2D eigenvalue weighted by Crippen LogP contribution is 2.25. The molecule has 4 N–H and O–H groups in total. The van der Waals surface area contributed by atoms with E-state index in [0.717, 1.165) is 53.8 Å². The highest BCUT2D eigenvalue weighted by Gasteiger charge is 2.32. The van der Waals surface area contributed by atoms with E-state index in [2.05, 4.69) is 27.8 Å². The Hall–Kier alpha value is -3.88. The van der Waals surface area contributed by atoms with Gasteiger partial charge in [-0.1, -0.05) is 24.3 Å². The van der Waals surface area contributed by atoms with Crippen LogP contribution in [-0.2, 0) is 33.6 Å². The van der Waals surface area contributed by atoms with E-state index in [-0.39, 0.29) is 30.7 Å². The summed E-state index contributed by atoms with van der Waals surface area (Å²) in [6, 6.07) is 11.6. The van der Waals surface area contributed by atoms with Crippen LogP contribution in [0.2, 0.25) is 0 Å². The molecular formula is C29H35N5O4. The van der Waals surface area contributed by atoms with E-state index in [0.29, 0.717) is 32.2 Å². The summed E-state index contributed by atoms with van der Waals surface area (Å²) in [4.78, 5) is 46.8. The predicted octanol–water partition coefficient (Wildman–Crippen LogP) is 3.29. The molecule has 9 nitrogen and oxygen atoms in total. The van der Waals surface area contributed by atoms with E-state index in [9.17, 15) is 19.5 Å².